The van der Waals surface area contributed by atoms with E-state index in [1.54, 1.807) is 53.3 Å². The summed E-state index contributed by atoms with van der Waals surface area (Å²) >= 11 is 0. The van der Waals surface area contributed by atoms with E-state index < -0.39 is 17.6 Å². The topological polar surface area (TPSA) is 84.7 Å². The summed E-state index contributed by atoms with van der Waals surface area (Å²) < 4.78 is 19.7. The highest BCUT2D eigenvalue weighted by Gasteiger charge is 2.27. The number of piperazine rings is 1. The molecule has 0 saturated carbocycles. The first kappa shape index (κ1) is 21.5. The number of hydrogen-bond acceptors (Lipinski definition) is 5. The van der Waals surface area contributed by atoms with Gasteiger partial charge in [-0.1, -0.05) is 12.1 Å². The van der Waals surface area contributed by atoms with Crippen molar-refractivity contribution in [1.29, 1.82) is 0 Å². The average Bonchev–Trinajstić information content (AvgIpc) is 2.82. The van der Waals surface area contributed by atoms with E-state index in [9.17, 15) is 18.8 Å². The molecule has 0 unspecified atom stereocenters. The molecule has 0 N–H and O–H groups in total. The van der Waals surface area contributed by atoms with Crippen molar-refractivity contribution in [2.45, 2.75) is 13.5 Å². The number of halogens is 1. The zero-order valence-corrected chi connectivity index (χ0v) is 17.7. The van der Waals surface area contributed by atoms with Crippen LogP contribution >= 0.6 is 0 Å². The van der Waals surface area contributed by atoms with Crippen molar-refractivity contribution in [2.75, 3.05) is 32.8 Å². The summed E-state index contributed by atoms with van der Waals surface area (Å²) in [6, 6.07) is 10.9. The van der Waals surface area contributed by atoms with Gasteiger partial charge >= 0.3 is 6.09 Å². The number of aromatic nitrogens is 2. The van der Waals surface area contributed by atoms with Gasteiger partial charge in [0.1, 0.15) is 17.0 Å². The normalized spacial score (nSPS) is 13.9. The third-order valence-corrected chi connectivity index (χ3v) is 5.43. The lowest BCUT2D eigenvalue weighted by Gasteiger charge is -2.34. The standard InChI is InChI=1S/C23H23FN4O4/c1-2-32-23(31)27-12-10-26(11-13-27)21(29)19-14-17-4-3-9-25-20(17)28(22(19)30)15-16-5-7-18(24)8-6-16/h3-9,14H,2,10-13,15H2,1H3. The smallest absolute Gasteiger partial charge is 0.409 e. The molecular weight excluding hydrogens is 415 g/mol. The van der Waals surface area contributed by atoms with Crippen LogP contribution in [0, 0.1) is 5.82 Å². The monoisotopic (exact) mass is 438 g/mol. The Morgan fingerprint density at radius 2 is 1.75 bits per heavy atom. The predicted octanol–water partition coefficient (Wildman–Crippen LogP) is 2.50. The van der Waals surface area contributed by atoms with Crippen LogP contribution in [0.2, 0.25) is 0 Å². The summed E-state index contributed by atoms with van der Waals surface area (Å²) in [6.45, 7) is 3.47. The van der Waals surface area contributed by atoms with E-state index in [0.29, 0.717) is 42.8 Å². The second-order valence-electron chi connectivity index (χ2n) is 7.47. The Morgan fingerprint density at radius 3 is 2.44 bits per heavy atom. The molecule has 0 radical (unpaired) electrons. The number of benzene rings is 1. The number of ether oxygens (including phenoxy) is 1. The molecule has 2 amide bonds. The summed E-state index contributed by atoms with van der Waals surface area (Å²) in [5, 5.41) is 0.655. The molecule has 0 bridgehead atoms. The van der Waals surface area contributed by atoms with Gasteiger partial charge in [-0.15, -0.1) is 0 Å². The maximum atomic E-state index is 13.3. The van der Waals surface area contributed by atoms with Gasteiger partial charge in [-0.3, -0.25) is 14.2 Å². The largest absolute Gasteiger partial charge is 0.450 e. The number of rotatable bonds is 4. The highest BCUT2D eigenvalue weighted by atomic mass is 19.1. The molecule has 3 heterocycles. The average molecular weight is 438 g/mol. The first-order valence-electron chi connectivity index (χ1n) is 10.4. The zero-order chi connectivity index (χ0) is 22.7. The fourth-order valence-electron chi connectivity index (χ4n) is 3.76. The van der Waals surface area contributed by atoms with Crippen LogP contribution in [0.1, 0.15) is 22.8 Å². The van der Waals surface area contributed by atoms with Crippen molar-refractivity contribution in [2.24, 2.45) is 0 Å². The van der Waals surface area contributed by atoms with Crippen molar-refractivity contribution in [3.05, 3.63) is 76.0 Å². The molecule has 3 aromatic rings. The predicted molar refractivity (Wildman–Crippen MR) is 116 cm³/mol. The second-order valence-corrected chi connectivity index (χ2v) is 7.47. The van der Waals surface area contributed by atoms with Gasteiger partial charge in [0, 0.05) is 37.8 Å². The van der Waals surface area contributed by atoms with E-state index in [2.05, 4.69) is 4.98 Å². The van der Waals surface area contributed by atoms with E-state index in [1.807, 2.05) is 0 Å². The summed E-state index contributed by atoms with van der Waals surface area (Å²) in [6.07, 6.45) is 1.18. The molecule has 1 aliphatic rings. The fourth-order valence-corrected chi connectivity index (χ4v) is 3.76. The minimum Gasteiger partial charge on any atom is -0.450 e. The number of nitrogens with zero attached hydrogens (tertiary/aromatic N) is 4. The van der Waals surface area contributed by atoms with E-state index in [4.69, 9.17) is 4.74 Å². The molecule has 0 spiro atoms. The number of carbonyl (C=O) groups excluding carboxylic acids is 2. The minimum atomic E-state index is -0.460. The van der Waals surface area contributed by atoms with Crippen LogP contribution in [0.4, 0.5) is 9.18 Å². The summed E-state index contributed by atoms with van der Waals surface area (Å²) in [5.41, 5.74) is 0.745. The van der Waals surface area contributed by atoms with Crippen LogP contribution < -0.4 is 5.56 Å². The van der Waals surface area contributed by atoms with Crippen molar-refractivity contribution >= 4 is 23.0 Å². The van der Waals surface area contributed by atoms with Crippen molar-refractivity contribution in [3.63, 3.8) is 0 Å². The molecule has 8 nitrogen and oxygen atoms in total. The Hall–Kier alpha value is -3.75. The van der Waals surface area contributed by atoms with Crippen LogP contribution in [-0.2, 0) is 11.3 Å². The third-order valence-electron chi connectivity index (χ3n) is 5.43. The van der Waals surface area contributed by atoms with E-state index in [1.165, 1.54) is 16.7 Å². The van der Waals surface area contributed by atoms with Crippen LogP contribution in [0.15, 0.2) is 53.5 Å². The lowest BCUT2D eigenvalue weighted by molar-refractivity contribution is 0.0569. The molecule has 0 aliphatic carbocycles. The number of hydrogen-bond donors (Lipinski definition) is 0. The van der Waals surface area contributed by atoms with Gasteiger partial charge in [0.2, 0.25) is 0 Å². The van der Waals surface area contributed by atoms with E-state index in [0.717, 1.165) is 0 Å². The van der Waals surface area contributed by atoms with Gasteiger partial charge in [-0.25, -0.2) is 14.2 Å². The van der Waals surface area contributed by atoms with Crippen LogP contribution in [0.25, 0.3) is 11.0 Å². The van der Waals surface area contributed by atoms with E-state index in [-0.39, 0.29) is 24.5 Å². The van der Waals surface area contributed by atoms with Crippen LogP contribution in [-0.4, -0.2) is 64.1 Å². The quantitative estimate of drug-likeness (QED) is 0.625. The molecule has 166 valence electrons. The molecule has 9 heteroatoms. The first-order valence-corrected chi connectivity index (χ1v) is 10.4. The number of amides is 2. The number of fused-ring (bicyclic) bond motifs is 1. The SMILES string of the molecule is CCOC(=O)N1CCN(C(=O)c2cc3cccnc3n(Cc3ccc(F)cc3)c2=O)CC1. The maximum Gasteiger partial charge on any atom is 0.409 e. The van der Waals surface area contributed by atoms with Crippen LogP contribution in [0.5, 0.6) is 0 Å². The molecule has 1 fully saturated rings. The van der Waals surface area contributed by atoms with Gasteiger partial charge in [-0.2, -0.15) is 0 Å². The fraction of sp³-hybridized carbons (Fsp3) is 0.304. The summed E-state index contributed by atoms with van der Waals surface area (Å²) in [5.74, 6) is -0.757. The van der Waals surface area contributed by atoms with Gasteiger partial charge in [0.05, 0.1) is 13.2 Å². The lowest BCUT2D eigenvalue weighted by Crippen LogP contribution is -2.51. The van der Waals surface area contributed by atoms with Gasteiger partial charge < -0.3 is 14.5 Å². The zero-order valence-electron chi connectivity index (χ0n) is 17.7. The molecule has 1 saturated heterocycles. The molecule has 1 aliphatic heterocycles. The van der Waals surface area contributed by atoms with Gasteiger partial charge in [0.25, 0.3) is 11.5 Å². The van der Waals surface area contributed by atoms with Crippen molar-refractivity contribution in [1.82, 2.24) is 19.4 Å². The van der Waals surface area contributed by atoms with Gasteiger partial charge in [-0.05, 0) is 42.8 Å². The second kappa shape index (κ2) is 9.17. The Balaban J connectivity index is 1.64. The molecule has 2 aromatic heterocycles. The molecule has 4 rings (SSSR count). The van der Waals surface area contributed by atoms with Gasteiger partial charge in [0.15, 0.2) is 0 Å². The van der Waals surface area contributed by atoms with Crippen molar-refractivity contribution < 1.29 is 18.7 Å². The minimum absolute atomic E-state index is 0.0391. The Morgan fingerprint density at radius 1 is 1.06 bits per heavy atom. The summed E-state index contributed by atoms with van der Waals surface area (Å²) in [7, 11) is 0. The molecule has 0 atom stereocenters. The lowest BCUT2D eigenvalue weighted by atomic mass is 10.1. The maximum absolute atomic E-state index is 13.3. The highest BCUT2D eigenvalue weighted by Crippen LogP contribution is 2.15. The van der Waals surface area contributed by atoms with Crippen molar-refractivity contribution in [3.8, 4) is 0 Å². The highest BCUT2D eigenvalue weighted by molar-refractivity contribution is 5.97. The van der Waals surface area contributed by atoms with Crippen LogP contribution in [0.3, 0.4) is 0 Å². The Kier molecular flexibility index (Phi) is 6.16. The van der Waals surface area contributed by atoms with E-state index >= 15 is 0 Å². The third kappa shape index (κ3) is 4.32. The molecule has 32 heavy (non-hydrogen) atoms. The number of pyridine rings is 2. The Bertz CT molecular complexity index is 1200. The first-order chi connectivity index (χ1) is 15.5. The Labute approximate surface area is 183 Å². The number of carbonyl (C=O) groups is 2. The summed E-state index contributed by atoms with van der Waals surface area (Å²) in [4.78, 5) is 45.9. The molecular formula is C23H23FN4O4. The molecule has 1 aromatic carbocycles.